The number of halogens is 1. The van der Waals surface area contributed by atoms with Gasteiger partial charge in [-0.1, -0.05) is 35.9 Å². The molecule has 4 atom stereocenters. The number of ketones is 1. The second-order valence-corrected chi connectivity index (χ2v) is 9.21. The Morgan fingerprint density at radius 1 is 0.914 bits per heavy atom. The molecule has 3 aliphatic heterocycles. The average molecular weight is 486 g/mol. The summed E-state index contributed by atoms with van der Waals surface area (Å²) in [6, 6.07) is 19.5. The number of hydrogen-bond donors (Lipinski definition) is 0. The Labute approximate surface area is 206 Å². The number of anilines is 1. The van der Waals surface area contributed by atoms with Crippen molar-refractivity contribution in [3.8, 4) is 5.75 Å². The maximum Gasteiger partial charge on any atom is 0.240 e. The Morgan fingerprint density at radius 2 is 1.60 bits per heavy atom. The Hall–Kier alpha value is -3.97. The topological polar surface area (TPSA) is 79.3 Å². The fourth-order valence-corrected chi connectivity index (χ4v) is 5.57. The lowest BCUT2D eigenvalue weighted by Gasteiger charge is -2.33. The van der Waals surface area contributed by atoms with E-state index in [9.17, 15) is 14.4 Å². The largest absolute Gasteiger partial charge is 0.497 e. The lowest BCUT2D eigenvalue weighted by atomic mass is 9.83. The van der Waals surface area contributed by atoms with E-state index in [4.69, 9.17) is 16.3 Å². The van der Waals surface area contributed by atoms with E-state index in [-0.39, 0.29) is 11.7 Å². The average Bonchev–Trinajstić information content (AvgIpc) is 3.37. The van der Waals surface area contributed by atoms with Crippen molar-refractivity contribution >= 4 is 41.1 Å². The summed E-state index contributed by atoms with van der Waals surface area (Å²) in [5.41, 5.74) is 2.61. The highest BCUT2D eigenvalue weighted by molar-refractivity contribution is 6.31. The van der Waals surface area contributed by atoms with E-state index >= 15 is 0 Å². The van der Waals surface area contributed by atoms with Crippen LogP contribution in [0.15, 0.2) is 77.9 Å². The number of carbonyl (C=O) groups excluding carboxylic acids is 3. The third-order valence-corrected chi connectivity index (χ3v) is 7.27. The molecule has 0 bridgehead atoms. The number of rotatable bonds is 4. The van der Waals surface area contributed by atoms with Gasteiger partial charge in [0.1, 0.15) is 11.8 Å². The van der Waals surface area contributed by atoms with Gasteiger partial charge in [0.15, 0.2) is 5.78 Å². The quantitative estimate of drug-likeness (QED) is 0.410. The van der Waals surface area contributed by atoms with Crippen LogP contribution in [0.5, 0.6) is 5.75 Å². The van der Waals surface area contributed by atoms with Crippen molar-refractivity contribution in [3.63, 3.8) is 0 Å². The first-order valence-corrected chi connectivity index (χ1v) is 11.6. The first kappa shape index (κ1) is 21.6. The van der Waals surface area contributed by atoms with Crippen molar-refractivity contribution in [3.05, 3.63) is 94.5 Å². The molecule has 35 heavy (non-hydrogen) atoms. The van der Waals surface area contributed by atoms with Crippen LogP contribution in [0.1, 0.15) is 27.5 Å². The number of nitrogens with zero attached hydrogens (tertiary/aromatic N) is 3. The Morgan fingerprint density at radius 3 is 2.31 bits per heavy atom. The summed E-state index contributed by atoms with van der Waals surface area (Å²) in [5.74, 6) is -2.01. The molecule has 0 radical (unpaired) electrons. The van der Waals surface area contributed by atoms with Crippen LogP contribution in [0.3, 0.4) is 0 Å². The number of fused-ring (bicyclic) bond motifs is 5. The first-order valence-electron chi connectivity index (χ1n) is 11.2. The summed E-state index contributed by atoms with van der Waals surface area (Å²) in [5, 5.41) is 6.73. The van der Waals surface area contributed by atoms with E-state index in [0.717, 1.165) is 11.1 Å². The predicted octanol–water partition coefficient (Wildman–Crippen LogP) is 4.11. The second kappa shape index (κ2) is 8.06. The molecule has 0 aromatic heterocycles. The zero-order valence-electron chi connectivity index (χ0n) is 18.7. The zero-order chi connectivity index (χ0) is 24.3. The number of ether oxygens (including phenoxy) is 1. The van der Waals surface area contributed by atoms with Crippen LogP contribution in [0, 0.1) is 11.8 Å². The first-order chi connectivity index (χ1) is 17.0. The lowest BCUT2D eigenvalue weighted by Crippen LogP contribution is -2.44. The number of imide groups is 1. The van der Waals surface area contributed by atoms with Gasteiger partial charge in [-0.25, -0.2) is 4.90 Å². The van der Waals surface area contributed by atoms with Crippen LogP contribution in [0.4, 0.5) is 5.69 Å². The summed E-state index contributed by atoms with van der Waals surface area (Å²) in [6.45, 7) is 0. The monoisotopic (exact) mass is 485 g/mol. The minimum Gasteiger partial charge on any atom is -0.497 e. The number of hydrazone groups is 1. The number of benzene rings is 3. The highest BCUT2D eigenvalue weighted by Crippen LogP contribution is 2.53. The number of hydrogen-bond acceptors (Lipinski definition) is 6. The fourth-order valence-electron chi connectivity index (χ4n) is 5.44. The molecule has 2 saturated heterocycles. The number of methoxy groups -OCH3 is 1. The van der Waals surface area contributed by atoms with Crippen molar-refractivity contribution in [2.24, 2.45) is 16.9 Å². The van der Waals surface area contributed by atoms with Crippen LogP contribution in [0.2, 0.25) is 5.02 Å². The molecule has 0 N–H and O–H groups in total. The minimum atomic E-state index is -0.920. The van der Waals surface area contributed by atoms with E-state index in [1.165, 1.54) is 4.90 Å². The van der Waals surface area contributed by atoms with Gasteiger partial charge in [0.25, 0.3) is 0 Å². The van der Waals surface area contributed by atoms with E-state index in [1.807, 2.05) is 24.3 Å². The molecule has 6 rings (SSSR count). The minimum absolute atomic E-state index is 0.263. The van der Waals surface area contributed by atoms with Gasteiger partial charge in [-0.15, -0.1) is 0 Å². The van der Waals surface area contributed by atoms with E-state index in [1.54, 1.807) is 66.9 Å². The molecule has 3 aromatic carbocycles. The molecule has 3 aliphatic rings. The zero-order valence-corrected chi connectivity index (χ0v) is 19.4. The SMILES string of the molecule is COc1ccc(C(=O)[C@@H]2[C@@H]3C(=O)N(c4ccc(Cl)cc4)C(=O)[C@@H]3C3c4ccccc4C=NN32)cc1. The Balaban J connectivity index is 1.47. The normalized spacial score (nSPS) is 24.3. The molecular formula is C27H20ClN3O4. The highest BCUT2D eigenvalue weighted by Gasteiger charge is 2.65. The van der Waals surface area contributed by atoms with Gasteiger partial charge in [-0.2, -0.15) is 5.10 Å². The maximum atomic E-state index is 13.8. The molecule has 0 aliphatic carbocycles. The summed E-state index contributed by atoms with van der Waals surface area (Å²) in [7, 11) is 1.55. The molecule has 7 nitrogen and oxygen atoms in total. The molecule has 174 valence electrons. The molecule has 3 aromatic rings. The van der Waals surface area contributed by atoms with Crippen LogP contribution >= 0.6 is 11.6 Å². The van der Waals surface area contributed by atoms with Gasteiger partial charge >= 0.3 is 0 Å². The van der Waals surface area contributed by atoms with Crippen molar-refractivity contribution in [1.82, 2.24) is 5.01 Å². The van der Waals surface area contributed by atoms with E-state index in [0.29, 0.717) is 22.0 Å². The highest BCUT2D eigenvalue weighted by atomic mass is 35.5. The second-order valence-electron chi connectivity index (χ2n) is 8.78. The van der Waals surface area contributed by atoms with Crippen LogP contribution in [0.25, 0.3) is 0 Å². The summed E-state index contributed by atoms with van der Waals surface area (Å²) < 4.78 is 5.21. The number of amides is 2. The molecule has 0 spiro atoms. The summed E-state index contributed by atoms with van der Waals surface area (Å²) >= 11 is 6.02. The molecule has 3 heterocycles. The summed E-state index contributed by atoms with van der Waals surface area (Å²) in [4.78, 5) is 42.6. The van der Waals surface area contributed by atoms with Gasteiger partial charge in [-0.05, 0) is 59.7 Å². The van der Waals surface area contributed by atoms with Crippen molar-refractivity contribution in [2.75, 3.05) is 12.0 Å². The van der Waals surface area contributed by atoms with Crippen molar-refractivity contribution in [1.29, 1.82) is 0 Å². The smallest absolute Gasteiger partial charge is 0.240 e. The van der Waals surface area contributed by atoms with Crippen LogP contribution < -0.4 is 9.64 Å². The molecule has 2 fully saturated rings. The molecule has 8 heteroatoms. The van der Waals surface area contributed by atoms with E-state index in [2.05, 4.69) is 5.10 Å². The summed E-state index contributed by atoms with van der Waals surface area (Å²) in [6.07, 6.45) is 1.69. The molecular weight excluding hydrogens is 466 g/mol. The Kier molecular flexibility index (Phi) is 4.96. The predicted molar refractivity (Wildman–Crippen MR) is 131 cm³/mol. The maximum absolute atomic E-state index is 13.8. The fraction of sp³-hybridized carbons (Fsp3) is 0.185. The van der Waals surface area contributed by atoms with Gasteiger partial charge in [0.05, 0.1) is 36.9 Å². The van der Waals surface area contributed by atoms with E-state index < -0.39 is 29.8 Å². The third-order valence-electron chi connectivity index (χ3n) is 7.02. The standard InChI is InChI=1S/C27H20ClN3O4/c1-35-19-12-6-15(7-13-19)25(32)24-22-21(23-20-5-3-2-4-16(20)14-29-31(23)24)26(33)30(27(22)34)18-10-8-17(28)9-11-18/h2-14,21-24H,1H3/t21-,22+,23?,24-/m0/s1. The van der Waals surface area contributed by atoms with Crippen molar-refractivity contribution < 1.29 is 19.1 Å². The lowest BCUT2D eigenvalue weighted by molar-refractivity contribution is -0.124. The molecule has 1 unspecified atom stereocenters. The molecule has 2 amide bonds. The van der Waals surface area contributed by atoms with Gasteiger partial charge in [-0.3, -0.25) is 19.4 Å². The molecule has 0 saturated carbocycles. The van der Waals surface area contributed by atoms with Crippen molar-refractivity contribution in [2.45, 2.75) is 12.1 Å². The van der Waals surface area contributed by atoms with Gasteiger partial charge in [0, 0.05) is 10.6 Å². The number of Topliss-reactive ketones (excluding diaryl/α,β-unsaturated/α-hetero) is 1. The third kappa shape index (κ3) is 3.19. The van der Waals surface area contributed by atoms with Crippen LogP contribution in [-0.2, 0) is 9.59 Å². The Bertz CT molecular complexity index is 1390. The number of carbonyl (C=O) groups is 3. The van der Waals surface area contributed by atoms with Gasteiger partial charge < -0.3 is 4.74 Å². The van der Waals surface area contributed by atoms with Gasteiger partial charge in [0.2, 0.25) is 11.8 Å². The van der Waals surface area contributed by atoms with Crippen LogP contribution in [-0.4, -0.2) is 42.0 Å².